The molecule has 6 nitrogen and oxygen atoms in total. The van der Waals surface area contributed by atoms with Crippen molar-refractivity contribution in [1.29, 1.82) is 0 Å². The third-order valence-electron chi connectivity index (χ3n) is 8.70. The van der Waals surface area contributed by atoms with Crippen LogP contribution in [0.15, 0.2) is 36.5 Å². The Hall–Kier alpha value is -2.63. The summed E-state index contributed by atoms with van der Waals surface area (Å²) in [5.41, 5.74) is 3.17. The van der Waals surface area contributed by atoms with Gasteiger partial charge in [0.1, 0.15) is 5.69 Å². The summed E-state index contributed by atoms with van der Waals surface area (Å²) in [6.07, 6.45) is 9.01. The van der Waals surface area contributed by atoms with Crippen LogP contribution in [0.4, 0.5) is 17.3 Å². The molecule has 2 saturated carbocycles. The van der Waals surface area contributed by atoms with Gasteiger partial charge in [0.25, 0.3) is 5.91 Å². The summed E-state index contributed by atoms with van der Waals surface area (Å²) < 4.78 is 0. The molecule has 32 heavy (non-hydrogen) atoms. The van der Waals surface area contributed by atoms with Gasteiger partial charge in [0.15, 0.2) is 0 Å². The molecular formula is C26H35N5O. The average molecular weight is 434 g/mol. The molecule has 3 fully saturated rings. The van der Waals surface area contributed by atoms with E-state index in [2.05, 4.69) is 70.5 Å². The highest BCUT2D eigenvalue weighted by atomic mass is 16.2. The Labute approximate surface area is 191 Å². The molecule has 170 valence electrons. The van der Waals surface area contributed by atoms with Gasteiger partial charge in [-0.3, -0.25) is 4.79 Å². The fourth-order valence-electron chi connectivity index (χ4n) is 6.28. The molecule has 1 aromatic carbocycles. The number of carbonyl (C=O) groups excluding carboxylic acids is 1. The number of aromatic nitrogens is 2. The van der Waals surface area contributed by atoms with Crippen LogP contribution >= 0.6 is 0 Å². The molecule has 0 spiro atoms. The molecule has 2 aliphatic carbocycles. The summed E-state index contributed by atoms with van der Waals surface area (Å²) in [6, 6.07) is 10.3. The lowest BCUT2D eigenvalue weighted by molar-refractivity contribution is 0.0912. The van der Waals surface area contributed by atoms with Crippen LogP contribution in [0.1, 0.15) is 69.8 Å². The smallest absolute Gasteiger partial charge is 0.270 e. The summed E-state index contributed by atoms with van der Waals surface area (Å²) in [7, 11) is 0. The minimum Gasteiger partial charge on any atom is -0.372 e. The van der Waals surface area contributed by atoms with Crippen LogP contribution in [0.5, 0.6) is 0 Å². The van der Waals surface area contributed by atoms with E-state index < -0.39 is 0 Å². The molecule has 2 N–H and O–H groups in total. The van der Waals surface area contributed by atoms with Gasteiger partial charge in [-0.15, -0.1) is 0 Å². The first-order chi connectivity index (χ1) is 15.4. The van der Waals surface area contributed by atoms with Gasteiger partial charge in [-0.1, -0.05) is 20.8 Å². The standard InChI is InChI=1S/C26H35N5O/c1-25(2)20-11-13-26(25,3)17-22(20)29-23(32)21-12-14-27-24(30-21)28-18-7-9-19(10-8-18)31-15-5-4-6-16-31/h7-10,12,14,20,22H,4-6,11,13,15-17H2,1-3H3,(H,29,32)(H,27,28,30). The van der Waals surface area contributed by atoms with Gasteiger partial charge < -0.3 is 15.5 Å². The fourth-order valence-corrected chi connectivity index (χ4v) is 6.28. The van der Waals surface area contributed by atoms with Crippen molar-refractivity contribution in [1.82, 2.24) is 15.3 Å². The lowest BCUT2D eigenvalue weighted by Gasteiger charge is -2.33. The molecule has 3 atom stereocenters. The third kappa shape index (κ3) is 3.74. The molecule has 2 heterocycles. The molecule has 3 unspecified atom stereocenters. The minimum atomic E-state index is -0.104. The first kappa shape index (κ1) is 21.2. The van der Waals surface area contributed by atoms with Crippen molar-refractivity contribution >= 4 is 23.2 Å². The van der Waals surface area contributed by atoms with Crippen molar-refractivity contribution in [2.75, 3.05) is 23.3 Å². The summed E-state index contributed by atoms with van der Waals surface area (Å²) in [6.45, 7) is 9.36. The van der Waals surface area contributed by atoms with Crippen molar-refractivity contribution < 1.29 is 4.79 Å². The summed E-state index contributed by atoms with van der Waals surface area (Å²) in [5.74, 6) is 0.880. The number of fused-ring (bicyclic) bond motifs is 2. The molecule has 5 rings (SSSR count). The Balaban J connectivity index is 1.23. The second kappa shape index (κ2) is 8.05. The normalized spacial score (nSPS) is 28.5. The Morgan fingerprint density at radius 2 is 1.81 bits per heavy atom. The number of nitrogens with one attached hydrogen (secondary N) is 2. The fraction of sp³-hybridized carbons (Fsp3) is 0.577. The number of hydrogen-bond acceptors (Lipinski definition) is 5. The number of hydrogen-bond donors (Lipinski definition) is 2. The maximum absolute atomic E-state index is 13.0. The van der Waals surface area contributed by atoms with Crippen LogP contribution < -0.4 is 15.5 Å². The zero-order valence-electron chi connectivity index (χ0n) is 19.5. The largest absolute Gasteiger partial charge is 0.372 e. The van der Waals surface area contributed by atoms with Gasteiger partial charge in [-0.2, -0.15) is 0 Å². The highest BCUT2D eigenvalue weighted by Crippen LogP contribution is 2.65. The predicted octanol–water partition coefficient (Wildman–Crippen LogP) is 5.16. The van der Waals surface area contributed by atoms with Crippen LogP contribution in [0.25, 0.3) is 0 Å². The van der Waals surface area contributed by atoms with Crippen LogP contribution in [0.2, 0.25) is 0 Å². The summed E-state index contributed by atoms with van der Waals surface area (Å²) in [5, 5.41) is 6.53. The topological polar surface area (TPSA) is 70.2 Å². The number of nitrogens with zero attached hydrogens (tertiary/aromatic N) is 3. The third-order valence-corrected chi connectivity index (χ3v) is 8.70. The highest BCUT2D eigenvalue weighted by molar-refractivity contribution is 5.92. The SMILES string of the molecule is CC12CCC(C(NC(=O)c3ccnc(Nc4ccc(N5CCCCC5)cc4)n3)C1)C2(C)C. The second-order valence-electron chi connectivity index (χ2n) is 10.7. The Kier molecular flexibility index (Phi) is 5.34. The predicted molar refractivity (Wildman–Crippen MR) is 128 cm³/mol. The van der Waals surface area contributed by atoms with E-state index in [1.807, 2.05) is 0 Å². The summed E-state index contributed by atoms with van der Waals surface area (Å²) in [4.78, 5) is 24.2. The first-order valence-electron chi connectivity index (χ1n) is 12.1. The van der Waals surface area contributed by atoms with Crippen molar-refractivity contribution in [3.8, 4) is 0 Å². The minimum absolute atomic E-state index is 0.104. The molecule has 3 aliphatic rings. The van der Waals surface area contributed by atoms with Crippen molar-refractivity contribution in [3.63, 3.8) is 0 Å². The Morgan fingerprint density at radius 1 is 1.06 bits per heavy atom. The molecule has 1 amide bonds. The van der Waals surface area contributed by atoms with E-state index in [4.69, 9.17) is 0 Å². The van der Waals surface area contributed by atoms with E-state index in [0.717, 1.165) is 25.2 Å². The van der Waals surface area contributed by atoms with E-state index >= 15 is 0 Å². The monoisotopic (exact) mass is 433 g/mol. The van der Waals surface area contributed by atoms with E-state index in [1.165, 1.54) is 37.8 Å². The average Bonchev–Trinajstić information content (AvgIpc) is 3.13. The van der Waals surface area contributed by atoms with E-state index in [9.17, 15) is 4.79 Å². The molecule has 2 bridgehead atoms. The molecule has 2 aromatic rings. The van der Waals surface area contributed by atoms with Gasteiger partial charge in [0, 0.05) is 36.7 Å². The lowest BCUT2D eigenvalue weighted by atomic mass is 9.71. The number of anilines is 3. The second-order valence-corrected chi connectivity index (χ2v) is 10.7. The number of carbonyl (C=O) groups is 1. The molecule has 1 saturated heterocycles. The van der Waals surface area contributed by atoms with Gasteiger partial charge in [0.2, 0.25) is 5.95 Å². The number of piperidine rings is 1. The quantitative estimate of drug-likeness (QED) is 0.682. The van der Waals surface area contributed by atoms with E-state index in [1.54, 1.807) is 12.3 Å². The first-order valence-corrected chi connectivity index (χ1v) is 12.1. The molecule has 1 aromatic heterocycles. The maximum atomic E-state index is 13.0. The van der Waals surface area contributed by atoms with Crippen molar-refractivity contribution in [3.05, 3.63) is 42.2 Å². The molecule has 0 radical (unpaired) electrons. The van der Waals surface area contributed by atoms with E-state index in [0.29, 0.717) is 23.0 Å². The van der Waals surface area contributed by atoms with Crippen LogP contribution in [0.3, 0.4) is 0 Å². The Bertz CT molecular complexity index is 979. The van der Waals surface area contributed by atoms with Crippen molar-refractivity contribution in [2.24, 2.45) is 16.7 Å². The Morgan fingerprint density at radius 3 is 2.47 bits per heavy atom. The zero-order valence-corrected chi connectivity index (χ0v) is 19.5. The van der Waals surface area contributed by atoms with E-state index in [-0.39, 0.29) is 17.4 Å². The summed E-state index contributed by atoms with van der Waals surface area (Å²) >= 11 is 0. The molecular weight excluding hydrogens is 398 g/mol. The molecule has 1 aliphatic heterocycles. The highest BCUT2D eigenvalue weighted by Gasteiger charge is 2.60. The van der Waals surface area contributed by atoms with Gasteiger partial charge in [-0.25, -0.2) is 9.97 Å². The number of rotatable bonds is 5. The maximum Gasteiger partial charge on any atom is 0.270 e. The van der Waals surface area contributed by atoms with Crippen LogP contribution in [0, 0.1) is 16.7 Å². The number of benzene rings is 1. The lowest BCUT2D eigenvalue weighted by Crippen LogP contribution is -2.40. The van der Waals surface area contributed by atoms with Crippen molar-refractivity contribution in [2.45, 2.75) is 65.3 Å². The van der Waals surface area contributed by atoms with Gasteiger partial charge in [0.05, 0.1) is 0 Å². The zero-order chi connectivity index (χ0) is 22.3. The number of amides is 1. The van der Waals surface area contributed by atoms with Crippen LogP contribution in [-0.2, 0) is 0 Å². The van der Waals surface area contributed by atoms with Gasteiger partial charge >= 0.3 is 0 Å². The molecule has 6 heteroatoms. The van der Waals surface area contributed by atoms with Gasteiger partial charge in [-0.05, 0) is 85.6 Å². The van der Waals surface area contributed by atoms with Crippen LogP contribution in [-0.4, -0.2) is 35.0 Å².